The van der Waals surface area contributed by atoms with Crippen LogP contribution in [-0.4, -0.2) is 0 Å². The van der Waals surface area contributed by atoms with E-state index in [1.54, 1.807) is 0 Å². The standard InChI is InChI=1S/C24H26N.C23H26N.C22H24N.C21H22N/c1-18-7-3-6-10-23(18)24-16-15-22(17-25(24)2)21-13-11-20(12-14-21)19-8-4-5-9-19;1-17(2)15-19-9-11-20(12-10-19)21-13-14-23(24(4)16-21)22-8-6-5-7-18(22)3;1-16(2)18-9-11-19(12-10-18)20-13-14-22(23(4)15-20)21-8-6-5-7-17(21)3;1-4-17-9-11-18(12-10-17)19-13-14-21(22(3)15-19)20-8-6-5-7-16(20)2/h3,6-7,10-17,19H,4-5,8-9H2,1-2H3;5-14,16-17H,15H2,1-4H3;5-16H,1-4H3;5-15H,4H2,1-3H3/q4*+1. The monoisotopic (exact) mass is 1230 g/mol. The zero-order valence-electron chi connectivity index (χ0n) is 58.2. The van der Waals surface area contributed by atoms with E-state index in [0.717, 1.165) is 18.8 Å². The minimum Gasteiger partial charge on any atom is -0.200 e. The van der Waals surface area contributed by atoms with Gasteiger partial charge in [-0.05, 0) is 186 Å². The highest BCUT2D eigenvalue weighted by Gasteiger charge is 2.20. The van der Waals surface area contributed by atoms with Gasteiger partial charge in [-0.1, -0.05) is 217 Å². The Morgan fingerprint density at radius 1 is 0.319 bits per heavy atom. The van der Waals surface area contributed by atoms with Crippen LogP contribution in [0.2, 0.25) is 0 Å². The van der Waals surface area contributed by atoms with E-state index in [1.165, 1.54) is 160 Å². The molecule has 0 N–H and O–H groups in total. The molecular formula is C90H98N4+4. The van der Waals surface area contributed by atoms with Gasteiger partial charge in [0.25, 0.3) is 0 Å². The first-order chi connectivity index (χ1) is 45.5. The van der Waals surface area contributed by atoms with Crippen molar-refractivity contribution in [1.82, 2.24) is 0 Å². The Morgan fingerprint density at radius 3 is 0.872 bits per heavy atom. The minimum absolute atomic E-state index is 0.573. The first-order valence-corrected chi connectivity index (χ1v) is 34.1. The number of benzene rings is 8. The molecule has 1 saturated carbocycles. The first-order valence-electron chi connectivity index (χ1n) is 34.1. The number of aryl methyl sites for hydroxylation is 9. The number of rotatable bonds is 13. The molecule has 0 atom stereocenters. The number of aromatic nitrogens is 4. The van der Waals surface area contributed by atoms with Crippen molar-refractivity contribution in [3.8, 4) is 89.5 Å². The van der Waals surface area contributed by atoms with Crippen LogP contribution in [0.5, 0.6) is 0 Å². The van der Waals surface area contributed by atoms with Crippen LogP contribution in [0, 0.1) is 33.6 Å². The maximum absolute atomic E-state index is 2.33. The molecule has 474 valence electrons. The molecule has 8 aromatic carbocycles. The van der Waals surface area contributed by atoms with Gasteiger partial charge in [-0.3, -0.25) is 0 Å². The molecule has 0 bridgehead atoms. The molecule has 0 radical (unpaired) electrons. The summed E-state index contributed by atoms with van der Waals surface area (Å²) in [7, 11) is 8.50. The van der Waals surface area contributed by atoms with Crippen molar-refractivity contribution in [3.63, 3.8) is 0 Å². The number of hydrogen-bond donors (Lipinski definition) is 0. The average Bonchev–Trinajstić information content (AvgIpc) is 0.997. The van der Waals surface area contributed by atoms with Gasteiger partial charge in [-0.15, -0.1) is 0 Å². The van der Waals surface area contributed by atoms with Crippen molar-refractivity contribution in [2.45, 2.75) is 113 Å². The molecule has 0 aliphatic heterocycles. The highest BCUT2D eigenvalue weighted by atomic mass is 14.9. The van der Waals surface area contributed by atoms with Crippen LogP contribution in [0.3, 0.4) is 0 Å². The van der Waals surface area contributed by atoms with Crippen LogP contribution in [0.25, 0.3) is 89.5 Å². The maximum atomic E-state index is 2.33. The van der Waals surface area contributed by atoms with Gasteiger partial charge in [0.2, 0.25) is 22.8 Å². The lowest BCUT2D eigenvalue weighted by molar-refractivity contribution is -0.660. The molecule has 4 heteroatoms. The largest absolute Gasteiger partial charge is 0.212 e. The highest BCUT2D eigenvalue weighted by Crippen LogP contribution is 2.36. The third-order valence-corrected chi connectivity index (χ3v) is 18.8. The summed E-state index contributed by atoms with van der Waals surface area (Å²) in [6, 6.07) is 87.9. The van der Waals surface area contributed by atoms with E-state index in [1.807, 2.05) is 0 Å². The first kappa shape index (κ1) is 67.3. The van der Waals surface area contributed by atoms with Crippen LogP contribution >= 0.6 is 0 Å². The van der Waals surface area contributed by atoms with Crippen LogP contribution in [0.4, 0.5) is 0 Å². The molecule has 4 nitrogen and oxygen atoms in total. The number of nitrogens with zero attached hydrogens (tertiary/aromatic N) is 4. The topological polar surface area (TPSA) is 15.5 Å². The molecular weight excluding hydrogens is 1140 g/mol. The van der Waals surface area contributed by atoms with Gasteiger partial charge in [-0.2, -0.15) is 0 Å². The molecule has 1 aliphatic carbocycles. The molecule has 0 amide bonds. The lowest BCUT2D eigenvalue weighted by Gasteiger charge is -2.10. The predicted octanol–water partition coefficient (Wildman–Crippen LogP) is 21.2. The quantitative estimate of drug-likeness (QED) is 0.102. The Bertz CT molecular complexity index is 4450. The smallest absolute Gasteiger partial charge is 0.200 e. The highest BCUT2D eigenvalue weighted by molar-refractivity contribution is 5.70. The predicted molar refractivity (Wildman–Crippen MR) is 396 cm³/mol. The van der Waals surface area contributed by atoms with Crippen LogP contribution < -0.4 is 18.3 Å². The van der Waals surface area contributed by atoms with E-state index in [9.17, 15) is 0 Å². The summed E-state index contributed by atoms with van der Waals surface area (Å²) in [6.45, 7) is 19.8. The molecule has 94 heavy (non-hydrogen) atoms. The van der Waals surface area contributed by atoms with E-state index in [4.69, 9.17) is 0 Å². The van der Waals surface area contributed by atoms with Gasteiger partial charge in [0.1, 0.15) is 28.2 Å². The van der Waals surface area contributed by atoms with Crippen LogP contribution in [-0.2, 0) is 41.0 Å². The fourth-order valence-corrected chi connectivity index (χ4v) is 13.2. The fraction of sp³-hybridized carbons (Fsp3) is 0.244. The summed E-state index contributed by atoms with van der Waals surface area (Å²) in [5.74, 6) is 2.05. The van der Waals surface area contributed by atoms with E-state index >= 15 is 0 Å². The van der Waals surface area contributed by atoms with E-state index in [0.29, 0.717) is 11.8 Å². The Balaban J connectivity index is 0.000000137. The Kier molecular flexibility index (Phi) is 22.7. The van der Waals surface area contributed by atoms with Crippen molar-refractivity contribution in [2.75, 3.05) is 0 Å². The molecule has 0 spiro atoms. The second-order valence-corrected chi connectivity index (χ2v) is 26.6. The van der Waals surface area contributed by atoms with Crippen molar-refractivity contribution >= 4 is 0 Å². The lowest BCUT2D eigenvalue weighted by atomic mass is 9.95. The second-order valence-electron chi connectivity index (χ2n) is 26.6. The summed E-state index contributed by atoms with van der Waals surface area (Å²) in [6.07, 6.45) is 16.6. The minimum atomic E-state index is 0.573. The van der Waals surface area contributed by atoms with Gasteiger partial charge >= 0.3 is 0 Å². The van der Waals surface area contributed by atoms with E-state index < -0.39 is 0 Å². The zero-order valence-corrected chi connectivity index (χ0v) is 58.2. The summed E-state index contributed by atoms with van der Waals surface area (Å²) < 4.78 is 8.89. The van der Waals surface area contributed by atoms with Crippen molar-refractivity contribution < 1.29 is 18.3 Å². The fourth-order valence-electron chi connectivity index (χ4n) is 13.2. The van der Waals surface area contributed by atoms with Crippen molar-refractivity contribution in [1.29, 1.82) is 0 Å². The third kappa shape index (κ3) is 16.9. The molecule has 12 aromatic rings. The summed E-state index contributed by atoms with van der Waals surface area (Å²) >= 11 is 0. The van der Waals surface area contributed by atoms with E-state index in [2.05, 4.69) is 376 Å². The number of pyridine rings is 4. The van der Waals surface area contributed by atoms with Crippen LogP contribution in [0.15, 0.2) is 267 Å². The van der Waals surface area contributed by atoms with Gasteiger partial charge in [-0.25, -0.2) is 18.3 Å². The van der Waals surface area contributed by atoms with Gasteiger partial charge in [0.05, 0.1) is 0 Å². The van der Waals surface area contributed by atoms with Crippen LogP contribution in [0.1, 0.15) is 117 Å². The Labute approximate surface area is 563 Å². The Hall–Kier alpha value is -9.64. The van der Waals surface area contributed by atoms with Crippen molar-refractivity contribution in [2.24, 2.45) is 34.1 Å². The molecule has 1 fully saturated rings. The molecule has 1 aliphatic rings. The SMILES string of the molecule is CCc1ccc(-c2ccc(-c3ccccc3C)[n+](C)c2)cc1.Cc1ccccc1-c1ccc(-c2ccc(C(C)C)cc2)c[n+]1C.Cc1ccccc1-c1ccc(-c2ccc(C3CCCC3)cc2)c[n+]1C.Cc1ccccc1-c1ccc(-c2ccc(CC(C)C)cc2)c[n+]1C. The average molecular weight is 1240 g/mol. The number of hydrogen-bond acceptors (Lipinski definition) is 0. The third-order valence-electron chi connectivity index (χ3n) is 18.8. The zero-order chi connectivity index (χ0) is 66.3. The molecule has 13 rings (SSSR count). The van der Waals surface area contributed by atoms with Gasteiger partial charge in [0.15, 0.2) is 24.8 Å². The summed E-state index contributed by atoms with van der Waals surface area (Å²) in [4.78, 5) is 0. The van der Waals surface area contributed by atoms with E-state index in [-0.39, 0.29) is 0 Å². The maximum Gasteiger partial charge on any atom is 0.212 e. The molecule has 0 saturated heterocycles. The second kappa shape index (κ2) is 31.8. The van der Waals surface area contributed by atoms with Gasteiger partial charge < -0.3 is 0 Å². The normalized spacial score (nSPS) is 11.9. The van der Waals surface area contributed by atoms with Gasteiger partial charge in [0, 0.05) is 68.8 Å². The summed E-state index contributed by atoms with van der Waals surface area (Å²) in [5.41, 5.74) is 31.2. The molecule has 0 unspecified atom stereocenters. The lowest BCUT2D eigenvalue weighted by Crippen LogP contribution is -2.30. The van der Waals surface area contributed by atoms with Crippen molar-refractivity contribution in [3.05, 3.63) is 312 Å². The Morgan fingerprint density at radius 2 is 0.596 bits per heavy atom. The molecule has 4 heterocycles. The summed E-state index contributed by atoms with van der Waals surface area (Å²) in [5, 5.41) is 0. The molecule has 4 aromatic heterocycles.